The van der Waals surface area contributed by atoms with Crippen molar-refractivity contribution in [3.8, 4) is 5.69 Å². The summed E-state index contributed by atoms with van der Waals surface area (Å²) in [6.07, 6.45) is 6.77. The lowest BCUT2D eigenvalue weighted by molar-refractivity contribution is -0.422. The van der Waals surface area contributed by atoms with Gasteiger partial charge in [0.05, 0.1) is 16.9 Å². The van der Waals surface area contributed by atoms with E-state index in [1.54, 1.807) is 18.6 Å². The van der Waals surface area contributed by atoms with Crippen LogP contribution in [-0.2, 0) is 0 Å². The van der Waals surface area contributed by atoms with Crippen LogP contribution in [0.4, 0.5) is 0 Å². The fourth-order valence-electron chi connectivity index (χ4n) is 1.22. The second-order valence-corrected chi connectivity index (χ2v) is 4.16. The van der Waals surface area contributed by atoms with Crippen molar-refractivity contribution in [3.05, 3.63) is 50.9 Å². The lowest BCUT2D eigenvalue weighted by Crippen LogP contribution is -1.92. The third-order valence-electron chi connectivity index (χ3n) is 2.05. The molecule has 0 fully saturated rings. The van der Waals surface area contributed by atoms with Crippen molar-refractivity contribution in [1.29, 1.82) is 0 Å². The van der Waals surface area contributed by atoms with Crippen LogP contribution >= 0.6 is 11.3 Å². The monoisotopic (exact) mass is 235 g/mol. The van der Waals surface area contributed by atoms with Gasteiger partial charge < -0.3 is 4.57 Å². The van der Waals surface area contributed by atoms with Crippen LogP contribution in [0.2, 0.25) is 0 Å². The smallest absolute Gasteiger partial charge is 0.244 e. The van der Waals surface area contributed by atoms with E-state index < -0.39 is 4.92 Å². The third kappa shape index (κ3) is 2.17. The molecule has 0 bridgehead atoms. The Bertz CT molecular complexity index is 528. The van der Waals surface area contributed by atoms with Gasteiger partial charge in [-0.05, 0) is 6.07 Å². The number of hydrogen-bond donors (Lipinski definition) is 0. The van der Waals surface area contributed by atoms with E-state index in [2.05, 4.69) is 4.98 Å². The zero-order valence-electron chi connectivity index (χ0n) is 8.53. The van der Waals surface area contributed by atoms with Crippen LogP contribution in [0, 0.1) is 10.1 Å². The molecule has 0 amide bonds. The summed E-state index contributed by atoms with van der Waals surface area (Å²) in [5.74, 6) is 0. The summed E-state index contributed by atoms with van der Waals surface area (Å²) in [7, 11) is 0. The normalized spacial score (nSPS) is 11.7. The van der Waals surface area contributed by atoms with E-state index in [1.165, 1.54) is 18.3 Å². The number of imidazole rings is 1. The van der Waals surface area contributed by atoms with E-state index in [1.807, 2.05) is 22.2 Å². The van der Waals surface area contributed by atoms with Crippen molar-refractivity contribution < 1.29 is 4.92 Å². The Morgan fingerprint density at radius 1 is 1.69 bits per heavy atom. The number of rotatable bonds is 3. The SMILES string of the molecule is C/C(=C\c1cc(-n2ccnc2)cs1)[N+](=O)[O-]. The van der Waals surface area contributed by atoms with E-state index in [0.717, 1.165) is 10.6 Å². The van der Waals surface area contributed by atoms with Gasteiger partial charge in [0, 0.05) is 35.7 Å². The molecule has 0 atom stereocenters. The van der Waals surface area contributed by atoms with Crippen LogP contribution in [0.15, 0.2) is 35.9 Å². The number of allylic oxidation sites excluding steroid dienone is 1. The largest absolute Gasteiger partial charge is 0.305 e. The first-order valence-corrected chi connectivity index (χ1v) is 5.44. The Hall–Kier alpha value is -1.95. The predicted molar refractivity (Wildman–Crippen MR) is 62.1 cm³/mol. The standard InChI is InChI=1S/C10H9N3O2S/c1-8(13(14)15)4-10-5-9(6-16-10)12-3-2-11-7-12/h2-7H,1H3/b8-4+. The van der Waals surface area contributed by atoms with Gasteiger partial charge >= 0.3 is 0 Å². The van der Waals surface area contributed by atoms with Gasteiger partial charge in [0.15, 0.2) is 0 Å². The maximum absolute atomic E-state index is 10.5. The molecule has 0 saturated heterocycles. The Balaban J connectivity index is 2.27. The molecule has 0 aromatic carbocycles. The highest BCUT2D eigenvalue weighted by atomic mass is 32.1. The number of nitrogens with zero attached hydrogens (tertiary/aromatic N) is 3. The molecule has 0 aliphatic rings. The van der Waals surface area contributed by atoms with Gasteiger partial charge in [0.1, 0.15) is 0 Å². The molecule has 0 saturated carbocycles. The topological polar surface area (TPSA) is 61.0 Å². The molecule has 0 aliphatic heterocycles. The molecule has 2 aromatic heterocycles. The first kappa shape index (κ1) is 10.6. The average Bonchev–Trinajstić information content (AvgIpc) is 2.85. The summed E-state index contributed by atoms with van der Waals surface area (Å²) in [5, 5.41) is 12.4. The number of thiophene rings is 1. The summed E-state index contributed by atoms with van der Waals surface area (Å²) in [5.41, 5.74) is 1.10. The maximum atomic E-state index is 10.5. The average molecular weight is 235 g/mol. The molecular formula is C10H9N3O2S. The zero-order valence-corrected chi connectivity index (χ0v) is 9.35. The molecule has 0 aliphatic carbocycles. The molecule has 0 unspecified atom stereocenters. The van der Waals surface area contributed by atoms with Gasteiger partial charge in [0.2, 0.25) is 5.70 Å². The van der Waals surface area contributed by atoms with Gasteiger partial charge in [-0.15, -0.1) is 11.3 Å². The first-order valence-electron chi connectivity index (χ1n) is 4.56. The number of hydrogen-bond acceptors (Lipinski definition) is 4. The molecule has 16 heavy (non-hydrogen) atoms. The minimum atomic E-state index is -0.392. The van der Waals surface area contributed by atoms with E-state index in [4.69, 9.17) is 0 Å². The molecule has 0 spiro atoms. The summed E-state index contributed by atoms with van der Waals surface area (Å²) < 4.78 is 1.86. The zero-order chi connectivity index (χ0) is 11.5. The van der Waals surface area contributed by atoms with Crippen LogP contribution in [0.5, 0.6) is 0 Å². The van der Waals surface area contributed by atoms with Crippen LogP contribution in [0.3, 0.4) is 0 Å². The van der Waals surface area contributed by atoms with Crippen LogP contribution in [-0.4, -0.2) is 14.5 Å². The van der Waals surface area contributed by atoms with Crippen LogP contribution < -0.4 is 0 Å². The van der Waals surface area contributed by atoms with Crippen LogP contribution in [0.1, 0.15) is 11.8 Å². The highest BCUT2D eigenvalue weighted by Gasteiger charge is 2.05. The minimum absolute atomic E-state index is 0.138. The minimum Gasteiger partial charge on any atom is -0.305 e. The van der Waals surface area contributed by atoms with Crippen molar-refractivity contribution in [2.75, 3.05) is 0 Å². The van der Waals surface area contributed by atoms with E-state index in [9.17, 15) is 10.1 Å². The van der Waals surface area contributed by atoms with E-state index >= 15 is 0 Å². The van der Waals surface area contributed by atoms with Crippen molar-refractivity contribution in [2.45, 2.75) is 6.92 Å². The van der Waals surface area contributed by atoms with Crippen molar-refractivity contribution >= 4 is 17.4 Å². The Kier molecular flexibility index (Phi) is 2.82. The molecule has 5 nitrogen and oxygen atoms in total. The Morgan fingerprint density at radius 3 is 3.12 bits per heavy atom. The molecule has 2 heterocycles. The lowest BCUT2D eigenvalue weighted by atomic mass is 10.3. The van der Waals surface area contributed by atoms with E-state index in [0.29, 0.717) is 0 Å². The summed E-state index contributed by atoms with van der Waals surface area (Å²) >= 11 is 1.46. The van der Waals surface area contributed by atoms with Crippen LogP contribution in [0.25, 0.3) is 11.8 Å². The first-order chi connectivity index (χ1) is 7.66. The fraction of sp³-hybridized carbons (Fsp3) is 0.100. The molecule has 2 rings (SSSR count). The second kappa shape index (κ2) is 4.28. The maximum Gasteiger partial charge on any atom is 0.244 e. The Labute approximate surface area is 95.8 Å². The molecular weight excluding hydrogens is 226 g/mol. The fourth-order valence-corrected chi connectivity index (χ4v) is 2.10. The highest BCUT2D eigenvalue weighted by molar-refractivity contribution is 7.11. The highest BCUT2D eigenvalue weighted by Crippen LogP contribution is 2.20. The van der Waals surface area contributed by atoms with Gasteiger partial charge in [0.25, 0.3) is 0 Å². The van der Waals surface area contributed by atoms with Gasteiger partial charge in [-0.3, -0.25) is 10.1 Å². The van der Waals surface area contributed by atoms with E-state index in [-0.39, 0.29) is 5.70 Å². The molecule has 82 valence electrons. The van der Waals surface area contributed by atoms with Gasteiger partial charge in [-0.1, -0.05) is 0 Å². The molecule has 0 N–H and O–H groups in total. The third-order valence-corrected chi connectivity index (χ3v) is 2.91. The number of nitro groups is 1. The van der Waals surface area contributed by atoms with Gasteiger partial charge in [-0.25, -0.2) is 4.98 Å². The molecule has 0 radical (unpaired) electrons. The quantitative estimate of drug-likeness (QED) is 0.606. The lowest BCUT2D eigenvalue weighted by Gasteiger charge is -1.93. The van der Waals surface area contributed by atoms with Crippen molar-refractivity contribution in [1.82, 2.24) is 9.55 Å². The predicted octanol–water partition coefficient (Wildman–Crippen LogP) is 2.57. The summed E-state index contributed by atoms with van der Waals surface area (Å²) in [6, 6.07) is 1.89. The van der Waals surface area contributed by atoms with Gasteiger partial charge in [-0.2, -0.15) is 0 Å². The number of aromatic nitrogens is 2. The second-order valence-electron chi connectivity index (χ2n) is 3.22. The molecule has 2 aromatic rings. The van der Waals surface area contributed by atoms with Crippen molar-refractivity contribution in [3.63, 3.8) is 0 Å². The summed E-state index contributed by atoms with van der Waals surface area (Å²) in [4.78, 5) is 14.9. The van der Waals surface area contributed by atoms with Crippen molar-refractivity contribution in [2.24, 2.45) is 0 Å². The molecule has 6 heteroatoms. The Morgan fingerprint density at radius 2 is 2.50 bits per heavy atom. The summed E-state index contributed by atoms with van der Waals surface area (Å²) in [6.45, 7) is 1.48.